The number of fused-ring (bicyclic) bond motifs is 3. The molecule has 4 nitrogen and oxygen atoms in total. The van der Waals surface area contributed by atoms with Crippen LogP contribution in [0.15, 0.2) is 47.0 Å². The molecule has 0 bridgehead atoms. The summed E-state index contributed by atoms with van der Waals surface area (Å²) in [5.74, 6) is 2.20. The second-order valence-corrected chi connectivity index (χ2v) is 7.92. The van der Waals surface area contributed by atoms with Crippen LogP contribution in [0.2, 0.25) is 0 Å². The van der Waals surface area contributed by atoms with E-state index in [0.717, 1.165) is 33.5 Å². The van der Waals surface area contributed by atoms with Gasteiger partial charge in [-0.25, -0.2) is 0 Å². The van der Waals surface area contributed by atoms with E-state index in [1.165, 1.54) is 5.56 Å². The maximum Gasteiger partial charge on any atom is 0.161 e. The predicted molar refractivity (Wildman–Crippen MR) is 110 cm³/mol. The molecule has 0 saturated carbocycles. The van der Waals surface area contributed by atoms with Gasteiger partial charge in [-0.3, -0.25) is 4.79 Å². The van der Waals surface area contributed by atoms with Crippen LogP contribution in [0.25, 0.3) is 0 Å². The molecule has 27 heavy (non-hydrogen) atoms. The van der Waals surface area contributed by atoms with Crippen molar-refractivity contribution >= 4 is 27.4 Å². The van der Waals surface area contributed by atoms with Gasteiger partial charge >= 0.3 is 0 Å². The van der Waals surface area contributed by atoms with E-state index < -0.39 is 0 Å². The lowest BCUT2D eigenvalue weighted by atomic mass is 9.76. The normalized spacial score (nSPS) is 22.6. The van der Waals surface area contributed by atoms with E-state index in [1.54, 1.807) is 21.1 Å². The van der Waals surface area contributed by atoms with Crippen LogP contribution < -0.4 is 14.8 Å². The Morgan fingerprint density at radius 2 is 1.85 bits per heavy atom. The number of nitrogens with one attached hydrogen (secondary N) is 1. The fourth-order valence-corrected chi connectivity index (χ4v) is 4.80. The summed E-state index contributed by atoms with van der Waals surface area (Å²) < 4.78 is 11.9. The van der Waals surface area contributed by atoms with Crippen molar-refractivity contribution in [1.82, 2.24) is 0 Å². The van der Waals surface area contributed by atoms with Crippen molar-refractivity contribution in [3.63, 3.8) is 0 Å². The van der Waals surface area contributed by atoms with Gasteiger partial charge in [0.1, 0.15) is 0 Å². The van der Waals surface area contributed by atoms with Crippen molar-refractivity contribution in [2.45, 2.75) is 25.3 Å². The average molecular weight is 428 g/mol. The van der Waals surface area contributed by atoms with E-state index in [-0.39, 0.29) is 11.8 Å². The molecule has 2 aromatic rings. The summed E-state index contributed by atoms with van der Waals surface area (Å²) in [4.78, 5) is 11.8. The van der Waals surface area contributed by atoms with Crippen LogP contribution in [0.4, 0.5) is 5.69 Å². The standard InChI is InChI=1S/C22H22BrNO3/c1-12(25)13-7-8-19-16(9-13)14-5-4-6-15(14)22(24-19)17-10-20(26-2)21(27-3)11-18(17)23/h4-5,7-11,14-15,22,24H,6H2,1-3H3/t14-,15+,22-/m1/s1. The zero-order valence-electron chi connectivity index (χ0n) is 15.6. The highest BCUT2D eigenvalue weighted by Gasteiger charge is 2.39. The number of methoxy groups -OCH3 is 2. The fraction of sp³-hybridized carbons (Fsp3) is 0.318. The van der Waals surface area contributed by atoms with Crippen LogP contribution in [0.5, 0.6) is 11.5 Å². The SMILES string of the molecule is COc1cc(Br)c([C@@H]2Nc3ccc(C(C)=O)cc3[C@@H]3C=CC[C@@H]32)cc1OC. The van der Waals surface area contributed by atoms with Crippen LogP contribution in [0.3, 0.4) is 0 Å². The molecule has 2 aliphatic rings. The summed E-state index contributed by atoms with van der Waals surface area (Å²) in [7, 11) is 3.30. The number of anilines is 1. The number of hydrogen-bond acceptors (Lipinski definition) is 4. The first kappa shape index (κ1) is 18.1. The molecule has 0 amide bonds. The molecule has 0 fully saturated rings. The van der Waals surface area contributed by atoms with E-state index in [4.69, 9.17) is 9.47 Å². The van der Waals surface area contributed by atoms with Gasteiger partial charge in [0.15, 0.2) is 17.3 Å². The van der Waals surface area contributed by atoms with E-state index in [0.29, 0.717) is 17.6 Å². The molecule has 5 heteroatoms. The molecule has 4 rings (SSSR count). The van der Waals surface area contributed by atoms with E-state index in [1.807, 2.05) is 30.3 Å². The minimum absolute atomic E-state index is 0.0982. The number of carbonyl (C=O) groups excluding carboxylic acids is 1. The topological polar surface area (TPSA) is 47.6 Å². The highest BCUT2D eigenvalue weighted by atomic mass is 79.9. The molecule has 2 aromatic carbocycles. The van der Waals surface area contributed by atoms with E-state index in [9.17, 15) is 4.79 Å². The number of allylic oxidation sites excluding steroid dienone is 2. The molecular weight excluding hydrogens is 406 g/mol. The van der Waals surface area contributed by atoms with Crippen molar-refractivity contribution in [1.29, 1.82) is 0 Å². The van der Waals surface area contributed by atoms with Gasteiger partial charge in [-0.15, -0.1) is 0 Å². The third kappa shape index (κ3) is 3.04. The number of hydrogen-bond donors (Lipinski definition) is 1. The number of Topliss-reactive ketones (excluding diaryl/α,β-unsaturated/α-hetero) is 1. The van der Waals surface area contributed by atoms with Gasteiger partial charge in [0.05, 0.1) is 20.3 Å². The molecule has 1 heterocycles. The van der Waals surface area contributed by atoms with Gasteiger partial charge in [-0.05, 0) is 60.7 Å². The molecular formula is C22H22BrNO3. The van der Waals surface area contributed by atoms with Crippen molar-refractivity contribution in [3.05, 3.63) is 63.6 Å². The number of benzene rings is 2. The Morgan fingerprint density at radius 3 is 2.56 bits per heavy atom. The maximum atomic E-state index is 11.8. The average Bonchev–Trinajstić information content (AvgIpc) is 3.17. The first-order valence-electron chi connectivity index (χ1n) is 9.03. The summed E-state index contributed by atoms with van der Waals surface area (Å²) >= 11 is 3.71. The molecule has 0 aromatic heterocycles. The Balaban J connectivity index is 1.79. The maximum absolute atomic E-state index is 11.8. The quantitative estimate of drug-likeness (QED) is 0.517. The summed E-state index contributed by atoms with van der Waals surface area (Å²) in [5.41, 5.74) is 4.20. The van der Waals surface area contributed by atoms with Crippen LogP contribution in [-0.2, 0) is 0 Å². The lowest BCUT2D eigenvalue weighted by molar-refractivity contribution is 0.101. The molecule has 3 atom stereocenters. The van der Waals surface area contributed by atoms with Crippen LogP contribution in [0, 0.1) is 5.92 Å². The Bertz CT molecular complexity index is 937. The van der Waals surface area contributed by atoms with Gasteiger partial charge in [0.25, 0.3) is 0 Å². The van der Waals surface area contributed by atoms with E-state index in [2.05, 4.69) is 33.4 Å². The molecule has 0 radical (unpaired) electrons. The van der Waals surface area contributed by atoms with Crippen molar-refractivity contribution in [2.75, 3.05) is 19.5 Å². The first-order chi connectivity index (χ1) is 13.0. The number of halogens is 1. The summed E-state index contributed by atoms with van der Waals surface area (Å²) in [6, 6.07) is 10.1. The molecule has 0 saturated heterocycles. The van der Waals surface area contributed by atoms with Crippen molar-refractivity contribution < 1.29 is 14.3 Å². The smallest absolute Gasteiger partial charge is 0.161 e. The first-order valence-corrected chi connectivity index (χ1v) is 9.82. The van der Waals surface area contributed by atoms with Crippen molar-refractivity contribution in [3.8, 4) is 11.5 Å². The predicted octanol–water partition coefficient (Wildman–Crippen LogP) is 5.50. The highest BCUT2D eigenvalue weighted by Crippen LogP contribution is 2.52. The molecule has 140 valence electrons. The Kier molecular flexibility index (Phi) is 4.72. The van der Waals surface area contributed by atoms with Crippen LogP contribution in [0.1, 0.15) is 46.8 Å². The lowest BCUT2D eigenvalue weighted by Crippen LogP contribution is -2.29. The number of carbonyl (C=O) groups is 1. The zero-order chi connectivity index (χ0) is 19.1. The number of rotatable bonds is 4. The van der Waals surface area contributed by atoms with E-state index >= 15 is 0 Å². The molecule has 0 spiro atoms. The second-order valence-electron chi connectivity index (χ2n) is 7.06. The second kappa shape index (κ2) is 7.04. The third-order valence-corrected chi connectivity index (χ3v) is 6.29. The summed E-state index contributed by atoms with van der Waals surface area (Å²) in [6.07, 6.45) is 5.51. The molecule has 1 N–H and O–H groups in total. The summed E-state index contributed by atoms with van der Waals surface area (Å²) in [5, 5.41) is 3.70. The Hall–Kier alpha value is -2.27. The van der Waals surface area contributed by atoms with Gasteiger partial charge in [-0.2, -0.15) is 0 Å². The Morgan fingerprint density at radius 1 is 1.11 bits per heavy atom. The highest BCUT2D eigenvalue weighted by molar-refractivity contribution is 9.10. The number of ketones is 1. The minimum atomic E-state index is 0.0982. The third-order valence-electron chi connectivity index (χ3n) is 5.61. The van der Waals surface area contributed by atoms with Gasteiger partial charge < -0.3 is 14.8 Å². The summed E-state index contributed by atoms with van der Waals surface area (Å²) in [6.45, 7) is 1.61. The lowest BCUT2D eigenvalue weighted by Gasteiger charge is -2.38. The molecule has 1 aliphatic heterocycles. The minimum Gasteiger partial charge on any atom is -0.493 e. The fourth-order valence-electron chi connectivity index (χ4n) is 4.23. The van der Waals surface area contributed by atoms with Crippen LogP contribution >= 0.6 is 15.9 Å². The van der Waals surface area contributed by atoms with Gasteiger partial charge in [0, 0.05) is 21.6 Å². The molecule has 0 unspecified atom stereocenters. The Labute approximate surface area is 167 Å². The number of ether oxygens (including phenoxy) is 2. The monoisotopic (exact) mass is 427 g/mol. The van der Waals surface area contributed by atoms with Crippen molar-refractivity contribution in [2.24, 2.45) is 5.92 Å². The zero-order valence-corrected chi connectivity index (χ0v) is 17.2. The van der Waals surface area contributed by atoms with Gasteiger partial charge in [-0.1, -0.05) is 28.1 Å². The largest absolute Gasteiger partial charge is 0.493 e. The van der Waals surface area contributed by atoms with Gasteiger partial charge in [0.2, 0.25) is 0 Å². The van der Waals surface area contributed by atoms with Crippen LogP contribution in [-0.4, -0.2) is 20.0 Å². The molecule has 1 aliphatic carbocycles.